The highest BCUT2D eigenvalue weighted by Crippen LogP contribution is 2.23. The summed E-state index contributed by atoms with van der Waals surface area (Å²) >= 11 is 0. The summed E-state index contributed by atoms with van der Waals surface area (Å²) in [7, 11) is -2.86. The van der Waals surface area contributed by atoms with Gasteiger partial charge in [-0.1, -0.05) is 6.92 Å². The van der Waals surface area contributed by atoms with Gasteiger partial charge in [0.05, 0.1) is 7.11 Å². The Balaban J connectivity index is 2.81. The van der Waals surface area contributed by atoms with Crippen molar-refractivity contribution >= 4 is 16.4 Å². The van der Waals surface area contributed by atoms with E-state index in [1.54, 1.807) is 6.92 Å². The predicted octanol–water partition coefficient (Wildman–Crippen LogP) is -0.402. The topological polar surface area (TPSA) is 78.9 Å². The zero-order chi connectivity index (χ0) is 10.1. The Kier molecular flexibility index (Phi) is 2.89. The summed E-state index contributed by atoms with van der Waals surface area (Å²) in [5.41, 5.74) is 0. The first-order chi connectivity index (χ1) is 6.00. The van der Waals surface area contributed by atoms with Crippen LogP contribution < -0.4 is 0 Å². The average Bonchev–Trinajstić information content (AvgIpc) is 2.39. The lowest BCUT2D eigenvalue weighted by atomic mass is 10.1. The van der Waals surface area contributed by atoms with Crippen molar-refractivity contribution in [1.82, 2.24) is 0 Å². The van der Waals surface area contributed by atoms with E-state index in [0.717, 1.165) is 7.11 Å². The SMILES string of the molecule is CCC1OS(=O)(=O)OC1C(=O)OC. The van der Waals surface area contributed by atoms with Crippen molar-refractivity contribution in [2.75, 3.05) is 7.11 Å². The molecule has 0 amide bonds. The molecule has 76 valence electrons. The molecule has 1 heterocycles. The highest BCUT2D eigenvalue weighted by molar-refractivity contribution is 7.82. The molecular weight excluding hydrogens is 200 g/mol. The van der Waals surface area contributed by atoms with Crippen LogP contribution >= 0.6 is 0 Å². The van der Waals surface area contributed by atoms with Crippen molar-refractivity contribution in [3.05, 3.63) is 0 Å². The Labute approximate surface area is 76.1 Å². The molecule has 2 unspecified atom stereocenters. The van der Waals surface area contributed by atoms with Crippen LogP contribution in [0.2, 0.25) is 0 Å². The molecule has 0 aromatic rings. The van der Waals surface area contributed by atoms with E-state index in [2.05, 4.69) is 13.1 Å². The van der Waals surface area contributed by atoms with Gasteiger partial charge >= 0.3 is 16.4 Å². The van der Waals surface area contributed by atoms with E-state index in [9.17, 15) is 13.2 Å². The zero-order valence-corrected chi connectivity index (χ0v) is 8.04. The third-order valence-electron chi connectivity index (χ3n) is 1.64. The monoisotopic (exact) mass is 210 g/mol. The Hall–Kier alpha value is -0.660. The molecule has 0 spiro atoms. The van der Waals surface area contributed by atoms with Crippen LogP contribution in [0.5, 0.6) is 0 Å². The van der Waals surface area contributed by atoms with Crippen molar-refractivity contribution in [2.45, 2.75) is 25.6 Å². The summed E-state index contributed by atoms with van der Waals surface area (Å²) in [6.07, 6.45) is -1.59. The van der Waals surface area contributed by atoms with Crippen LogP contribution in [0.1, 0.15) is 13.3 Å². The minimum absolute atomic E-state index is 0.360. The van der Waals surface area contributed by atoms with Crippen molar-refractivity contribution in [3.8, 4) is 0 Å². The molecule has 0 N–H and O–H groups in total. The van der Waals surface area contributed by atoms with E-state index in [4.69, 9.17) is 0 Å². The van der Waals surface area contributed by atoms with Crippen LogP contribution in [-0.2, 0) is 28.3 Å². The predicted molar refractivity (Wildman–Crippen MR) is 41.0 cm³/mol. The third kappa shape index (κ3) is 2.17. The van der Waals surface area contributed by atoms with Crippen molar-refractivity contribution in [1.29, 1.82) is 0 Å². The van der Waals surface area contributed by atoms with Gasteiger partial charge in [-0.2, -0.15) is 8.42 Å². The molecule has 0 saturated carbocycles. The van der Waals surface area contributed by atoms with E-state index in [-0.39, 0.29) is 0 Å². The second kappa shape index (κ2) is 3.60. The average molecular weight is 210 g/mol. The lowest BCUT2D eigenvalue weighted by molar-refractivity contribution is -0.149. The Morgan fingerprint density at radius 2 is 2.08 bits per heavy atom. The first-order valence-electron chi connectivity index (χ1n) is 3.69. The summed E-state index contributed by atoms with van der Waals surface area (Å²) in [5, 5.41) is 0. The van der Waals surface area contributed by atoms with Gasteiger partial charge in [0.15, 0.2) is 0 Å². The second-order valence-corrected chi connectivity index (χ2v) is 3.69. The zero-order valence-electron chi connectivity index (χ0n) is 7.22. The molecule has 2 atom stereocenters. The number of carbonyl (C=O) groups excluding carboxylic acids is 1. The molecule has 0 bridgehead atoms. The lowest BCUT2D eigenvalue weighted by Gasteiger charge is -2.09. The van der Waals surface area contributed by atoms with Crippen LogP contribution in [0.3, 0.4) is 0 Å². The van der Waals surface area contributed by atoms with Crippen molar-refractivity contribution in [3.63, 3.8) is 0 Å². The molecule has 7 heteroatoms. The molecule has 1 fully saturated rings. The fourth-order valence-electron chi connectivity index (χ4n) is 1.00. The molecule has 0 radical (unpaired) electrons. The molecule has 6 nitrogen and oxygen atoms in total. The standard InChI is InChI=1S/C6H10O6S/c1-3-4-5(6(7)10-2)12-13(8,9)11-4/h4-5H,3H2,1-2H3. The van der Waals surface area contributed by atoms with Gasteiger partial charge in [0.1, 0.15) is 6.10 Å². The van der Waals surface area contributed by atoms with Crippen LogP contribution in [-0.4, -0.2) is 33.7 Å². The molecule has 1 aliphatic heterocycles. The summed E-state index contributed by atoms with van der Waals surface area (Å²) < 4.78 is 34.8. The number of ether oxygens (including phenoxy) is 1. The van der Waals surface area contributed by atoms with E-state index in [1.165, 1.54) is 0 Å². The number of rotatable bonds is 2. The fourth-order valence-corrected chi connectivity index (χ4v) is 2.04. The van der Waals surface area contributed by atoms with Crippen molar-refractivity contribution in [2.24, 2.45) is 0 Å². The molecule has 13 heavy (non-hydrogen) atoms. The molecule has 0 aromatic carbocycles. The maximum Gasteiger partial charge on any atom is 0.401 e. The number of esters is 1. The summed E-state index contributed by atoms with van der Waals surface area (Å²) in [6, 6.07) is 0. The molecule has 1 aliphatic rings. The molecule has 0 aromatic heterocycles. The van der Waals surface area contributed by atoms with E-state index in [0.29, 0.717) is 6.42 Å². The van der Waals surface area contributed by atoms with E-state index >= 15 is 0 Å². The third-order valence-corrected chi connectivity index (χ3v) is 2.56. The summed E-state index contributed by atoms with van der Waals surface area (Å²) in [6.45, 7) is 1.69. The van der Waals surface area contributed by atoms with E-state index in [1.807, 2.05) is 0 Å². The number of hydrogen-bond donors (Lipinski definition) is 0. The van der Waals surface area contributed by atoms with Crippen LogP contribution in [0.25, 0.3) is 0 Å². The quantitative estimate of drug-likeness (QED) is 0.577. The van der Waals surface area contributed by atoms with Gasteiger partial charge in [-0.3, -0.25) is 0 Å². The minimum Gasteiger partial charge on any atom is -0.467 e. The Bertz CT molecular complexity index is 294. The van der Waals surface area contributed by atoms with Crippen molar-refractivity contribution < 1.29 is 26.3 Å². The second-order valence-electron chi connectivity index (χ2n) is 2.49. The van der Waals surface area contributed by atoms with Gasteiger partial charge in [-0.25, -0.2) is 13.2 Å². The summed E-state index contributed by atoms with van der Waals surface area (Å²) in [4.78, 5) is 11.0. The van der Waals surface area contributed by atoms with Crippen LogP contribution in [0.15, 0.2) is 0 Å². The molecule has 1 rings (SSSR count). The first kappa shape index (κ1) is 10.4. The fraction of sp³-hybridized carbons (Fsp3) is 0.833. The largest absolute Gasteiger partial charge is 0.467 e. The highest BCUT2D eigenvalue weighted by Gasteiger charge is 2.44. The Morgan fingerprint density at radius 3 is 2.54 bits per heavy atom. The van der Waals surface area contributed by atoms with Gasteiger partial charge in [0, 0.05) is 0 Å². The molecule has 1 saturated heterocycles. The first-order valence-corrected chi connectivity index (χ1v) is 5.03. The lowest BCUT2D eigenvalue weighted by Crippen LogP contribution is -2.31. The van der Waals surface area contributed by atoms with Gasteiger partial charge in [0.2, 0.25) is 6.10 Å². The highest BCUT2D eigenvalue weighted by atomic mass is 32.3. The molecular formula is C6H10O6S. The van der Waals surface area contributed by atoms with Gasteiger partial charge < -0.3 is 4.74 Å². The normalized spacial score (nSPS) is 31.5. The minimum atomic E-state index is -4.01. The maximum atomic E-state index is 11.0. The summed E-state index contributed by atoms with van der Waals surface area (Å²) in [5.74, 6) is -0.743. The Morgan fingerprint density at radius 1 is 1.46 bits per heavy atom. The van der Waals surface area contributed by atoms with Gasteiger partial charge in [-0.05, 0) is 6.42 Å². The maximum absolute atomic E-state index is 11.0. The van der Waals surface area contributed by atoms with E-state index < -0.39 is 28.6 Å². The number of carbonyl (C=O) groups is 1. The molecule has 0 aliphatic carbocycles. The number of hydrogen-bond acceptors (Lipinski definition) is 6. The smallest absolute Gasteiger partial charge is 0.401 e. The van der Waals surface area contributed by atoms with Gasteiger partial charge in [0.25, 0.3) is 0 Å². The van der Waals surface area contributed by atoms with Crippen LogP contribution in [0, 0.1) is 0 Å². The van der Waals surface area contributed by atoms with Crippen LogP contribution in [0.4, 0.5) is 0 Å². The van der Waals surface area contributed by atoms with Gasteiger partial charge in [-0.15, -0.1) is 0 Å². The number of methoxy groups -OCH3 is 1.